The van der Waals surface area contributed by atoms with E-state index in [1.165, 1.54) is 11.8 Å². The second-order valence-electron chi connectivity index (χ2n) is 6.14. The lowest BCUT2D eigenvalue weighted by atomic mass is 10.2. The van der Waals surface area contributed by atoms with Crippen LogP contribution in [-0.4, -0.2) is 29.8 Å². The van der Waals surface area contributed by atoms with E-state index < -0.39 is 0 Å². The van der Waals surface area contributed by atoms with Crippen molar-refractivity contribution in [3.8, 4) is 0 Å². The predicted molar refractivity (Wildman–Crippen MR) is 98.7 cm³/mol. The highest BCUT2D eigenvalue weighted by Gasteiger charge is 2.15. The van der Waals surface area contributed by atoms with Gasteiger partial charge < -0.3 is 0 Å². The zero-order chi connectivity index (χ0) is 17.8. The second-order valence-corrected chi connectivity index (χ2v) is 7.08. The van der Waals surface area contributed by atoms with Gasteiger partial charge in [-0.25, -0.2) is 9.67 Å². The van der Waals surface area contributed by atoms with Gasteiger partial charge in [0, 0.05) is 12.6 Å². The summed E-state index contributed by atoms with van der Waals surface area (Å²) in [5, 5.41) is 13.3. The summed E-state index contributed by atoms with van der Waals surface area (Å²) >= 11 is 1.50. The Bertz CT molecular complexity index is 917. The van der Waals surface area contributed by atoms with Gasteiger partial charge in [-0.05, 0) is 42.8 Å². The molecule has 1 aromatic carbocycles. The third kappa shape index (κ3) is 3.73. The zero-order valence-electron chi connectivity index (χ0n) is 14.7. The first-order chi connectivity index (χ1) is 12.1. The lowest BCUT2D eigenvalue weighted by Crippen LogP contribution is -2.25. The molecule has 0 bridgehead atoms. The van der Waals surface area contributed by atoms with Crippen molar-refractivity contribution in [1.82, 2.24) is 29.8 Å². The number of rotatable bonds is 7. The summed E-state index contributed by atoms with van der Waals surface area (Å²) in [5.41, 5.74) is 0.714. The number of hydrogen-bond acceptors (Lipinski definition) is 6. The number of unbranched alkanes of at least 4 members (excludes halogenated alkanes) is 1. The largest absolute Gasteiger partial charge is 0.285 e. The van der Waals surface area contributed by atoms with E-state index in [0.29, 0.717) is 16.3 Å². The van der Waals surface area contributed by atoms with Crippen LogP contribution < -0.4 is 5.56 Å². The van der Waals surface area contributed by atoms with Crippen LogP contribution in [0.1, 0.15) is 45.5 Å². The molecule has 0 amide bonds. The number of fused-ring (bicyclic) bond motifs is 1. The summed E-state index contributed by atoms with van der Waals surface area (Å²) in [5.74, 6) is 1.38. The van der Waals surface area contributed by atoms with E-state index in [1.807, 2.05) is 42.8 Å². The monoisotopic (exact) mass is 358 g/mol. The molecule has 8 heteroatoms. The lowest BCUT2D eigenvalue weighted by Gasteiger charge is -2.15. The number of tetrazole rings is 1. The highest BCUT2D eigenvalue weighted by molar-refractivity contribution is 7.98. The first-order valence-corrected chi connectivity index (χ1v) is 9.49. The van der Waals surface area contributed by atoms with Gasteiger partial charge in [0.2, 0.25) is 0 Å². The van der Waals surface area contributed by atoms with Crippen LogP contribution in [0.15, 0.2) is 34.2 Å². The third-order valence-corrected chi connectivity index (χ3v) is 4.90. The molecular formula is C17H22N6OS. The molecule has 3 rings (SSSR count). The first kappa shape index (κ1) is 17.6. The molecular weight excluding hydrogens is 336 g/mol. The molecule has 0 fully saturated rings. The van der Waals surface area contributed by atoms with E-state index in [9.17, 15) is 4.79 Å². The Kier molecular flexibility index (Phi) is 5.47. The number of aryl methyl sites for hydroxylation is 1. The minimum absolute atomic E-state index is 0.00586. The quantitative estimate of drug-likeness (QED) is 0.477. The maximum Gasteiger partial charge on any atom is 0.262 e. The molecule has 7 nitrogen and oxygen atoms in total. The highest BCUT2D eigenvalue weighted by atomic mass is 32.2. The maximum absolute atomic E-state index is 12.8. The molecule has 0 spiro atoms. The lowest BCUT2D eigenvalue weighted by molar-refractivity contribution is 0.518. The summed E-state index contributed by atoms with van der Waals surface area (Å²) in [6.45, 7) is 6.93. The van der Waals surface area contributed by atoms with Crippen LogP contribution in [0, 0.1) is 0 Å². The van der Waals surface area contributed by atoms with E-state index in [0.717, 1.165) is 30.7 Å². The Balaban J connectivity index is 1.92. The number of para-hydroxylation sites is 1. The minimum atomic E-state index is -0.00586. The number of benzene rings is 1. The van der Waals surface area contributed by atoms with Crippen molar-refractivity contribution in [2.75, 3.05) is 0 Å². The van der Waals surface area contributed by atoms with Crippen molar-refractivity contribution in [3.63, 3.8) is 0 Å². The zero-order valence-corrected chi connectivity index (χ0v) is 15.5. The number of hydrogen-bond donors (Lipinski definition) is 0. The topological polar surface area (TPSA) is 78.5 Å². The molecule has 0 atom stereocenters. The molecule has 2 aromatic heterocycles. The number of aromatic nitrogens is 6. The summed E-state index contributed by atoms with van der Waals surface area (Å²) in [7, 11) is 0. The van der Waals surface area contributed by atoms with Crippen LogP contribution in [0.25, 0.3) is 10.9 Å². The van der Waals surface area contributed by atoms with Crippen LogP contribution >= 0.6 is 11.8 Å². The number of nitrogens with zero attached hydrogens (tertiary/aromatic N) is 6. The van der Waals surface area contributed by atoms with Gasteiger partial charge in [-0.1, -0.05) is 37.2 Å². The Hall–Kier alpha value is -2.22. The van der Waals surface area contributed by atoms with Gasteiger partial charge in [-0.2, -0.15) is 0 Å². The summed E-state index contributed by atoms with van der Waals surface area (Å²) in [6, 6.07) is 7.49. The van der Waals surface area contributed by atoms with Crippen molar-refractivity contribution in [2.24, 2.45) is 0 Å². The van der Waals surface area contributed by atoms with Gasteiger partial charge in [0.25, 0.3) is 5.56 Å². The molecule has 0 unspecified atom stereocenters. The molecule has 0 aliphatic carbocycles. The van der Waals surface area contributed by atoms with Crippen molar-refractivity contribution < 1.29 is 0 Å². The van der Waals surface area contributed by atoms with Crippen LogP contribution in [0.4, 0.5) is 0 Å². The van der Waals surface area contributed by atoms with Crippen molar-refractivity contribution in [1.29, 1.82) is 0 Å². The summed E-state index contributed by atoms with van der Waals surface area (Å²) < 4.78 is 3.57. The molecule has 0 saturated carbocycles. The Morgan fingerprint density at radius 1 is 1.24 bits per heavy atom. The number of thioether (sulfide) groups is 1. The van der Waals surface area contributed by atoms with Crippen LogP contribution in [0.3, 0.4) is 0 Å². The molecule has 0 aliphatic rings. The predicted octanol–water partition coefficient (Wildman–Crippen LogP) is 3.06. The SMILES string of the molecule is CCCCn1nnnc1CSc1nc2ccccc2c(=O)n1C(C)C. The average molecular weight is 358 g/mol. The van der Waals surface area contributed by atoms with Gasteiger partial charge in [0.15, 0.2) is 11.0 Å². The smallest absolute Gasteiger partial charge is 0.262 e. The van der Waals surface area contributed by atoms with Crippen LogP contribution in [0.2, 0.25) is 0 Å². The molecule has 0 saturated heterocycles. The van der Waals surface area contributed by atoms with Crippen molar-refractivity contribution in [2.45, 2.75) is 57.1 Å². The molecule has 2 heterocycles. The fourth-order valence-corrected chi connectivity index (χ4v) is 3.68. The fraction of sp³-hybridized carbons (Fsp3) is 0.471. The Morgan fingerprint density at radius 3 is 2.80 bits per heavy atom. The van der Waals surface area contributed by atoms with Crippen LogP contribution in [-0.2, 0) is 12.3 Å². The third-order valence-electron chi connectivity index (χ3n) is 3.95. The molecule has 0 N–H and O–H groups in total. The Labute approximate surface area is 150 Å². The molecule has 25 heavy (non-hydrogen) atoms. The van der Waals surface area contributed by atoms with Gasteiger partial charge in [-0.15, -0.1) is 5.10 Å². The molecule has 0 radical (unpaired) electrons. The molecule has 3 aromatic rings. The van der Waals surface area contributed by atoms with Gasteiger partial charge in [0.1, 0.15) is 0 Å². The van der Waals surface area contributed by atoms with E-state index in [4.69, 9.17) is 4.98 Å². The van der Waals surface area contributed by atoms with Crippen molar-refractivity contribution >= 4 is 22.7 Å². The summed E-state index contributed by atoms with van der Waals surface area (Å²) in [4.78, 5) is 17.5. The summed E-state index contributed by atoms with van der Waals surface area (Å²) in [6.07, 6.45) is 2.12. The van der Waals surface area contributed by atoms with E-state index >= 15 is 0 Å². The van der Waals surface area contributed by atoms with Crippen molar-refractivity contribution in [3.05, 3.63) is 40.4 Å². The Morgan fingerprint density at radius 2 is 2.04 bits per heavy atom. The molecule has 132 valence electrons. The van der Waals surface area contributed by atoms with Crippen LogP contribution in [0.5, 0.6) is 0 Å². The maximum atomic E-state index is 12.8. The highest BCUT2D eigenvalue weighted by Crippen LogP contribution is 2.23. The van der Waals surface area contributed by atoms with Gasteiger partial charge >= 0.3 is 0 Å². The van der Waals surface area contributed by atoms with E-state index in [1.54, 1.807) is 4.57 Å². The van der Waals surface area contributed by atoms with E-state index in [-0.39, 0.29) is 11.6 Å². The second kappa shape index (κ2) is 7.77. The first-order valence-electron chi connectivity index (χ1n) is 8.51. The van der Waals surface area contributed by atoms with E-state index in [2.05, 4.69) is 22.4 Å². The minimum Gasteiger partial charge on any atom is -0.285 e. The van der Waals surface area contributed by atoms with Gasteiger partial charge in [0.05, 0.1) is 16.7 Å². The molecule has 0 aliphatic heterocycles. The van der Waals surface area contributed by atoms with Gasteiger partial charge in [-0.3, -0.25) is 9.36 Å². The fourth-order valence-electron chi connectivity index (χ4n) is 2.62. The normalized spacial score (nSPS) is 11.5. The standard InChI is InChI=1S/C17H22N6OS/c1-4-5-10-22-15(19-20-21-22)11-25-17-18-14-9-7-6-8-13(14)16(24)23(17)12(2)3/h6-9,12H,4-5,10-11H2,1-3H3. The average Bonchev–Trinajstić information content (AvgIpc) is 3.05.